The van der Waals surface area contributed by atoms with Crippen molar-refractivity contribution in [3.05, 3.63) is 34.3 Å². The van der Waals surface area contributed by atoms with Crippen LogP contribution >= 0.6 is 39.9 Å². The molecule has 2 rings (SSSR count). The van der Waals surface area contributed by atoms with Gasteiger partial charge in [-0.2, -0.15) is 0 Å². The minimum atomic E-state index is -2.93. The van der Waals surface area contributed by atoms with Crippen molar-refractivity contribution in [1.82, 2.24) is 16.0 Å². The van der Waals surface area contributed by atoms with Gasteiger partial charge in [-0.05, 0) is 30.7 Å². The molecule has 25 heavy (non-hydrogen) atoms. The Bertz CT molecular complexity index is 710. The Balaban J connectivity index is 0.00000312. The van der Waals surface area contributed by atoms with Gasteiger partial charge in [0.25, 0.3) is 5.91 Å². The number of hydrogen-bond acceptors (Lipinski definition) is 4. The molecule has 0 aliphatic carbocycles. The third kappa shape index (κ3) is 7.48. The van der Waals surface area contributed by atoms with E-state index in [1.54, 1.807) is 19.2 Å². The molecule has 1 atom stereocenters. The molecule has 10 heteroatoms. The first-order valence-corrected chi connectivity index (χ1v) is 10.2. The summed E-state index contributed by atoms with van der Waals surface area (Å²) in [5.41, 5.74) is 0.594. The average molecular weight is 545 g/mol. The first kappa shape index (κ1) is 22.2. The van der Waals surface area contributed by atoms with Crippen LogP contribution in [0.15, 0.2) is 33.7 Å². The van der Waals surface area contributed by atoms with E-state index in [0.29, 0.717) is 31.0 Å². The molecule has 7 nitrogen and oxygen atoms in total. The average Bonchev–Trinajstić information content (AvgIpc) is 2.89. The summed E-state index contributed by atoms with van der Waals surface area (Å²) in [6.07, 6.45) is 0.587. The fourth-order valence-electron chi connectivity index (χ4n) is 2.36. The van der Waals surface area contributed by atoms with Gasteiger partial charge >= 0.3 is 0 Å². The monoisotopic (exact) mass is 544 g/mol. The Hall–Kier alpha value is -0.880. The van der Waals surface area contributed by atoms with E-state index in [9.17, 15) is 13.2 Å². The van der Waals surface area contributed by atoms with E-state index in [4.69, 9.17) is 0 Å². The number of hydrogen-bond donors (Lipinski definition) is 3. The van der Waals surface area contributed by atoms with E-state index in [1.807, 2.05) is 12.1 Å². The van der Waals surface area contributed by atoms with Crippen LogP contribution in [0.2, 0.25) is 0 Å². The van der Waals surface area contributed by atoms with Gasteiger partial charge in [0.05, 0.1) is 11.5 Å². The summed E-state index contributed by atoms with van der Waals surface area (Å²) in [4.78, 5) is 16.0. The van der Waals surface area contributed by atoms with Gasteiger partial charge in [0.15, 0.2) is 15.8 Å². The van der Waals surface area contributed by atoms with Gasteiger partial charge < -0.3 is 16.0 Å². The molecule has 1 aliphatic rings. The van der Waals surface area contributed by atoms with Crippen molar-refractivity contribution in [3.63, 3.8) is 0 Å². The Morgan fingerprint density at radius 1 is 1.24 bits per heavy atom. The van der Waals surface area contributed by atoms with Crippen LogP contribution in [0.5, 0.6) is 0 Å². The summed E-state index contributed by atoms with van der Waals surface area (Å²) in [5.74, 6) is 0.739. The minimum absolute atomic E-state index is 0. The van der Waals surface area contributed by atoms with Crippen LogP contribution < -0.4 is 16.0 Å². The standard InChI is InChI=1S/C15H21BrN4O3S.HI/c1-17-15(20-13-6-9-24(22,23)10-13)19-8-7-18-14(21)11-2-4-12(16)5-3-11;/h2-5,13H,6-10H2,1H3,(H,18,21)(H2,17,19,20);1H. The molecule has 0 aromatic heterocycles. The van der Waals surface area contributed by atoms with Crippen LogP contribution in [0, 0.1) is 0 Å². The number of benzene rings is 1. The van der Waals surface area contributed by atoms with Gasteiger partial charge in [-0.3, -0.25) is 9.79 Å². The second-order valence-electron chi connectivity index (χ2n) is 5.51. The zero-order valence-electron chi connectivity index (χ0n) is 13.8. The van der Waals surface area contributed by atoms with Crippen molar-refractivity contribution >= 4 is 61.6 Å². The van der Waals surface area contributed by atoms with Gasteiger partial charge in [0.2, 0.25) is 0 Å². The molecule has 1 amide bonds. The molecule has 0 bridgehead atoms. The number of halogens is 2. The fraction of sp³-hybridized carbons (Fsp3) is 0.467. The molecule has 0 spiro atoms. The highest BCUT2D eigenvalue weighted by molar-refractivity contribution is 14.0. The Labute approximate surface area is 173 Å². The Morgan fingerprint density at radius 2 is 1.88 bits per heavy atom. The van der Waals surface area contributed by atoms with Gasteiger partial charge in [-0.15, -0.1) is 24.0 Å². The lowest BCUT2D eigenvalue weighted by molar-refractivity contribution is 0.0954. The number of amides is 1. The van der Waals surface area contributed by atoms with Crippen LogP contribution in [0.4, 0.5) is 0 Å². The molecular weight excluding hydrogens is 523 g/mol. The number of nitrogens with zero attached hydrogens (tertiary/aromatic N) is 1. The number of carbonyl (C=O) groups excluding carboxylic acids is 1. The summed E-state index contributed by atoms with van der Waals surface area (Å²) < 4.78 is 23.8. The smallest absolute Gasteiger partial charge is 0.251 e. The highest BCUT2D eigenvalue weighted by Gasteiger charge is 2.28. The molecule has 1 saturated heterocycles. The normalized spacial score (nSPS) is 19.0. The van der Waals surface area contributed by atoms with Gasteiger partial charge in [-0.25, -0.2) is 8.42 Å². The summed E-state index contributed by atoms with van der Waals surface area (Å²) in [6.45, 7) is 0.917. The van der Waals surface area contributed by atoms with Crippen LogP contribution in [0.1, 0.15) is 16.8 Å². The third-order valence-corrected chi connectivity index (χ3v) is 5.90. The molecular formula is C15H22BrIN4O3S. The molecule has 3 N–H and O–H groups in total. The Kier molecular flexibility index (Phi) is 9.14. The first-order chi connectivity index (χ1) is 11.4. The number of rotatable bonds is 5. The van der Waals surface area contributed by atoms with Crippen molar-refractivity contribution in [2.75, 3.05) is 31.6 Å². The van der Waals surface area contributed by atoms with E-state index in [2.05, 4.69) is 36.9 Å². The largest absolute Gasteiger partial charge is 0.355 e. The number of sulfone groups is 1. The molecule has 1 aliphatic heterocycles. The number of aliphatic imine (C=N–C) groups is 1. The minimum Gasteiger partial charge on any atom is -0.355 e. The maximum Gasteiger partial charge on any atom is 0.251 e. The first-order valence-electron chi connectivity index (χ1n) is 7.61. The van der Waals surface area contributed by atoms with E-state index in [-0.39, 0.29) is 47.4 Å². The van der Waals surface area contributed by atoms with Crippen LogP contribution in [-0.4, -0.2) is 58.0 Å². The Morgan fingerprint density at radius 3 is 2.44 bits per heavy atom. The summed E-state index contributed by atoms with van der Waals surface area (Å²) in [6, 6.07) is 7.00. The van der Waals surface area contributed by atoms with Crippen molar-refractivity contribution in [3.8, 4) is 0 Å². The second kappa shape index (κ2) is 10.3. The van der Waals surface area contributed by atoms with Crippen LogP contribution in [0.25, 0.3) is 0 Å². The molecule has 1 fully saturated rings. The van der Waals surface area contributed by atoms with E-state index < -0.39 is 9.84 Å². The highest BCUT2D eigenvalue weighted by atomic mass is 127. The quantitative estimate of drug-likeness (QED) is 0.223. The van der Waals surface area contributed by atoms with Gasteiger partial charge in [0.1, 0.15) is 0 Å². The predicted molar refractivity (Wildman–Crippen MR) is 113 cm³/mol. The van der Waals surface area contributed by atoms with E-state index >= 15 is 0 Å². The topological polar surface area (TPSA) is 99.7 Å². The van der Waals surface area contributed by atoms with E-state index in [1.165, 1.54) is 0 Å². The fourth-order valence-corrected chi connectivity index (χ4v) is 4.29. The number of guanidine groups is 1. The SMILES string of the molecule is CN=C(NCCNC(=O)c1ccc(Br)cc1)NC1CCS(=O)(=O)C1.I. The van der Waals surface area contributed by atoms with Gasteiger partial charge in [-0.1, -0.05) is 15.9 Å². The maximum atomic E-state index is 12.0. The lowest BCUT2D eigenvalue weighted by atomic mass is 10.2. The van der Waals surface area contributed by atoms with Crippen molar-refractivity contribution < 1.29 is 13.2 Å². The lowest BCUT2D eigenvalue weighted by Crippen LogP contribution is -2.46. The summed E-state index contributed by atoms with van der Waals surface area (Å²) >= 11 is 3.33. The summed E-state index contributed by atoms with van der Waals surface area (Å²) in [7, 11) is -1.30. The molecule has 0 radical (unpaired) electrons. The van der Waals surface area contributed by atoms with Crippen molar-refractivity contribution in [2.24, 2.45) is 4.99 Å². The number of carbonyl (C=O) groups is 1. The third-order valence-electron chi connectivity index (χ3n) is 3.61. The molecule has 1 aromatic rings. The van der Waals surface area contributed by atoms with Gasteiger partial charge in [0, 0.05) is 36.2 Å². The van der Waals surface area contributed by atoms with Crippen LogP contribution in [-0.2, 0) is 9.84 Å². The van der Waals surface area contributed by atoms with E-state index in [0.717, 1.165) is 4.47 Å². The molecule has 1 heterocycles. The molecule has 1 unspecified atom stereocenters. The number of nitrogens with one attached hydrogen (secondary N) is 3. The lowest BCUT2D eigenvalue weighted by Gasteiger charge is -2.16. The highest BCUT2D eigenvalue weighted by Crippen LogP contribution is 2.11. The predicted octanol–water partition coefficient (Wildman–Crippen LogP) is 1.15. The molecule has 0 saturated carbocycles. The maximum absolute atomic E-state index is 12.0. The zero-order valence-corrected chi connectivity index (χ0v) is 18.5. The molecule has 1 aromatic carbocycles. The zero-order chi connectivity index (χ0) is 17.6. The van der Waals surface area contributed by atoms with Crippen LogP contribution in [0.3, 0.4) is 0 Å². The molecule has 140 valence electrons. The second-order valence-corrected chi connectivity index (χ2v) is 8.65. The van der Waals surface area contributed by atoms with Crippen molar-refractivity contribution in [2.45, 2.75) is 12.5 Å². The summed E-state index contributed by atoms with van der Waals surface area (Å²) in [5, 5.41) is 8.96. The van der Waals surface area contributed by atoms with Crippen molar-refractivity contribution in [1.29, 1.82) is 0 Å².